The average Bonchev–Trinajstić information content (AvgIpc) is 2.73. The minimum Gasteiger partial charge on any atom is -0.352 e. The smallest absolute Gasteiger partial charge is 0.243 e. The number of rotatable bonds is 10. The molecule has 2 rings (SSSR count). The van der Waals surface area contributed by atoms with E-state index in [1.165, 1.54) is 5.56 Å². The van der Waals surface area contributed by atoms with Gasteiger partial charge in [-0.05, 0) is 62.3 Å². The van der Waals surface area contributed by atoms with Gasteiger partial charge in [0.15, 0.2) is 0 Å². The second kappa shape index (κ2) is 11.5. The number of benzene rings is 2. The monoisotopic (exact) mass is 408 g/mol. The molecular formula is C26H36N2O2. The molecule has 0 saturated carbocycles. The molecule has 30 heavy (non-hydrogen) atoms. The largest absolute Gasteiger partial charge is 0.352 e. The van der Waals surface area contributed by atoms with E-state index in [1.54, 1.807) is 4.90 Å². The quantitative estimate of drug-likeness (QED) is 0.613. The zero-order valence-electron chi connectivity index (χ0n) is 19.1. The van der Waals surface area contributed by atoms with E-state index in [4.69, 9.17) is 0 Å². The van der Waals surface area contributed by atoms with E-state index in [0.717, 1.165) is 23.1 Å². The van der Waals surface area contributed by atoms with Crippen LogP contribution in [-0.4, -0.2) is 28.8 Å². The van der Waals surface area contributed by atoms with Crippen molar-refractivity contribution in [2.24, 2.45) is 0 Å². The highest BCUT2D eigenvalue weighted by atomic mass is 16.2. The number of hydrogen-bond acceptors (Lipinski definition) is 2. The first-order chi connectivity index (χ1) is 14.3. The molecule has 2 aromatic rings. The predicted octanol–water partition coefficient (Wildman–Crippen LogP) is 4.82. The molecule has 2 amide bonds. The maximum absolute atomic E-state index is 13.3. The van der Waals surface area contributed by atoms with Crippen LogP contribution < -0.4 is 5.32 Å². The van der Waals surface area contributed by atoms with Crippen LogP contribution in [0.3, 0.4) is 0 Å². The summed E-state index contributed by atoms with van der Waals surface area (Å²) in [6, 6.07) is 16.1. The number of amides is 2. The van der Waals surface area contributed by atoms with Gasteiger partial charge in [-0.2, -0.15) is 0 Å². The minimum atomic E-state index is -0.470. The van der Waals surface area contributed by atoms with Crippen molar-refractivity contribution in [3.05, 3.63) is 70.8 Å². The van der Waals surface area contributed by atoms with Gasteiger partial charge in [0.1, 0.15) is 6.04 Å². The normalized spacial score (nSPS) is 11.9. The van der Waals surface area contributed by atoms with E-state index in [1.807, 2.05) is 52.0 Å². The van der Waals surface area contributed by atoms with E-state index in [-0.39, 0.29) is 17.9 Å². The van der Waals surface area contributed by atoms with Crippen LogP contribution in [0.15, 0.2) is 48.5 Å². The Hall–Kier alpha value is -2.62. The highest BCUT2D eigenvalue weighted by Gasteiger charge is 2.29. The van der Waals surface area contributed by atoms with Crippen LogP contribution in [0.5, 0.6) is 0 Å². The second-order valence-electron chi connectivity index (χ2n) is 8.21. The van der Waals surface area contributed by atoms with E-state index < -0.39 is 6.04 Å². The van der Waals surface area contributed by atoms with Crippen LogP contribution in [0, 0.1) is 6.92 Å². The second-order valence-corrected chi connectivity index (χ2v) is 8.21. The zero-order chi connectivity index (χ0) is 22.1. The summed E-state index contributed by atoms with van der Waals surface area (Å²) in [5.74, 6) is -0.0645. The maximum Gasteiger partial charge on any atom is 0.243 e. The molecule has 0 bridgehead atoms. The molecule has 0 aliphatic carbocycles. The number of carbonyl (C=O) groups excluding carboxylic acids is 2. The summed E-state index contributed by atoms with van der Waals surface area (Å²) < 4.78 is 0. The van der Waals surface area contributed by atoms with Crippen molar-refractivity contribution >= 4 is 11.8 Å². The molecule has 0 spiro atoms. The molecule has 0 aliphatic heterocycles. The van der Waals surface area contributed by atoms with Gasteiger partial charge in [0.2, 0.25) is 11.8 Å². The lowest BCUT2D eigenvalue weighted by molar-refractivity contribution is -0.141. The van der Waals surface area contributed by atoms with Crippen molar-refractivity contribution in [2.45, 2.75) is 78.9 Å². The van der Waals surface area contributed by atoms with Gasteiger partial charge in [-0.3, -0.25) is 9.59 Å². The first-order valence-corrected chi connectivity index (χ1v) is 11.1. The summed E-state index contributed by atoms with van der Waals surface area (Å²) in [6.45, 7) is 10.5. The van der Waals surface area contributed by atoms with Gasteiger partial charge >= 0.3 is 0 Å². The molecule has 0 fully saturated rings. The van der Waals surface area contributed by atoms with Gasteiger partial charge in [0, 0.05) is 19.0 Å². The Morgan fingerprint density at radius 2 is 1.60 bits per heavy atom. The van der Waals surface area contributed by atoms with Crippen LogP contribution in [0.1, 0.15) is 62.8 Å². The molecule has 1 atom stereocenters. The summed E-state index contributed by atoms with van der Waals surface area (Å²) >= 11 is 0. The number of aryl methyl sites for hydroxylation is 3. The molecule has 162 valence electrons. The third kappa shape index (κ3) is 6.72. The standard InChI is InChI=1S/C26H36N2O2/c1-6-21-12-14-22(15-13-21)16-17-25(29)28(18-23-11-9-8-10-20(23)5)24(7-2)26(30)27-19(3)4/h8-15,19,24H,6-7,16-18H2,1-5H3,(H,27,30)/t24-/m0/s1. The lowest BCUT2D eigenvalue weighted by atomic mass is 10.0. The molecule has 0 radical (unpaired) electrons. The fraction of sp³-hybridized carbons (Fsp3) is 0.462. The third-order valence-electron chi connectivity index (χ3n) is 5.48. The zero-order valence-corrected chi connectivity index (χ0v) is 19.1. The third-order valence-corrected chi connectivity index (χ3v) is 5.48. The summed E-state index contributed by atoms with van der Waals surface area (Å²) in [6.07, 6.45) is 2.66. The van der Waals surface area contributed by atoms with E-state index in [9.17, 15) is 9.59 Å². The molecule has 0 aliphatic rings. The Morgan fingerprint density at radius 3 is 2.17 bits per heavy atom. The van der Waals surface area contributed by atoms with Crippen LogP contribution in [0.25, 0.3) is 0 Å². The average molecular weight is 409 g/mol. The van der Waals surface area contributed by atoms with Crippen LogP contribution in [0.2, 0.25) is 0 Å². The van der Waals surface area contributed by atoms with Gasteiger partial charge < -0.3 is 10.2 Å². The summed E-state index contributed by atoms with van der Waals surface area (Å²) in [5.41, 5.74) is 4.65. The lowest BCUT2D eigenvalue weighted by Crippen LogP contribution is -2.50. The van der Waals surface area contributed by atoms with E-state index in [0.29, 0.717) is 25.8 Å². The lowest BCUT2D eigenvalue weighted by Gasteiger charge is -2.31. The summed E-state index contributed by atoms with van der Waals surface area (Å²) in [7, 11) is 0. The van der Waals surface area contributed by atoms with Crippen molar-refractivity contribution in [2.75, 3.05) is 0 Å². The maximum atomic E-state index is 13.3. The van der Waals surface area contributed by atoms with Crippen molar-refractivity contribution in [3.8, 4) is 0 Å². The van der Waals surface area contributed by atoms with Gasteiger partial charge in [-0.15, -0.1) is 0 Å². The molecule has 2 aromatic carbocycles. The van der Waals surface area contributed by atoms with Crippen LogP contribution >= 0.6 is 0 Å². The van der Waals surface area contributed by atoms with E-state index in [2.05, 4.69) is 36.5 Å². The van der Waals surface area contributed by atoms with Gasteiger partial charge in [-0.25, -0.2) is 0 Å². The topological polar surface area (TPSA) is 49.4 Å². The fourth-order valence-corrected chi connectivity index (χ4v) is 3.61. The summed E-state index contributed by atoms with van der Waals surface area (Å²) in [4.78, 5) is 27.9. The Kier molecular flexibility index (Phi) is 9.10. The highest BCUT2D eigenvalue weighted by molar-refractivity contribution is 5.87. The number of nitrogens with one attached hydrogen (secondary N) is 1. The first kappa shape index (κ1) is 23.7. The molecule has 4 nitrogen and oxygen atoms in total. The van der Waals surface area contributed by atoms with Gasteiger partial charge in [-0.1, -0.05) is 62.4 Å². The highest BCUT2D eigenvalue weighted by Crippen LogP contribution is 2.18. The van der Waals surface area contributed by atoms with Gasteiger partial charge in [0.05, 0.1) is 0 Å². The Morgan fingerprint density at radius 1 is 0.967 bits per heavy atom. The van der Waals surface area contributed by atoms with Crippen LogP contribution in [-0.2, 0) is 29.0 Å². The molecular weight excluding hydrogens is 372 g/mol. The van der Waals surface area contributed by atoms with Crippen LogP contribution in [0.4, 0.5) is 0 Å². The molecule has 0 unspecified atom stereocenters. The predicted molar refractivity (Wildman–Crippen MR) is 123 cm³/mol. The number of nitrogens with zero attached hydrogens (tertiary/aromatic N) is 1. The van der Waals surface area contributed by atoms with Crippen molar-refractivity contribution in [3.63, 3.8) is 0 Å². The Bertz CT molecular complexity index is 827. The minimum absolute atomic E-state index is 0.0172. The van der Waals surface area contributed by atoms with Crippen molar-refractivity contribution in [1.82, 2.24) is 10.2 Å². The molecule has 0 saturated heterocycles. The van der Waals surface area contributed by atoms with Crippen molar-refractivity contribution < 1.29 is 9.59 Å². The first-order valence-electron chi connectivity index (χ1n) is 11.1. The molecule has 1 N–H and O–H groups in total. The number of carbonyl (C=O) groups is 2. The number of hydrogen-bond donors (Lipinski definition) is 1. The molecule has 0 aromatic heterocycles. The molecule has 4 heteroatoms. The fourth-order valence-electron chi connectivity index (χ4n) is 3.61. The van der Waals surface area contributed by atoms with Crippen molar-refractivity contribution in [1.29, 1.82) is 0 Å². The van der Waals surface area contributed by atoms with Gasteiger partial charge in [0.25, 0.3) is 0 Å². The Balaban J connectivity index is 2.20. The Labute approximate surface area is 181 Å². The summed E-state index contributed by atoms with van der Waals surface area (Å²) in [5, 5.41) is 2.98. The SMILES string of the molecule is CCc1ccc(CCC(=O)N(Cc2ccccc2C)[C@@H](CC)C(=O)NC(C)C)cc1. The van der Waals surface area contributed by atoms with E-state index >= 15 is 0 Å². The molecule has 0 heterocycles.